The summed E-state index contributed by atoms with van der Waals surface area (Å²) in [5, 5.41) is 0. The van der Waals surface area contributed by atoms with E-state index in [0.717, 1.165) is 18.2 Å². The minimum absolute atomic E-state index is 0.131. The minimum Gasteiger partial charge on any atom is -0.207 e. The molecular weight excluding hydrogens is 315 g/mol. The monoisotopic (exact) mass is 320 g/mol. The first-order valence-corrected chi connectivity index (χ1v) is 5.99. The molecule has 0 aliphatic heterocycles. The van der Waals surface area contributed by atoms with Crippen molar-refractivity contribution < 1.29 is 22.0 Å². The normalized spacial score (nSPS) is 13.9. The molecule has 7 heteroatoms. The number of thioether (sulfide) groups is 1. The topological polar surface area (TPSA) is 0 Å². The zero-order valence-corrected chi connectivity index (χ0v) is 10.1. The highest BCUT2D eigenvalue weighted by Gasteiger charge is 2.37. The van der Waals surface area contributed by atoms with Gasteiger partial charge in [0.1, 0.15) is 16.5 Å². The maximum absolute atomic E-state index is 13.0. The van der Waals surface area contributed by atoms with Crippen LogP contribution in [0.5, 0.6) is 0 Å². The van der Waals surface area contributed by atoms with E-state index in [9.17, 15) is 22.0 Å². The highest BCUT2D eigenvalue weighted by molar-refractivity contribution is 9.09. The van der Waals surface area contributed by atoms with Crippen LogP contribution in [0.15, 0.2) is 23.1 Å². The summed E-state index contributed by atoms with van der Waals surface area (Å²) in [5.41, 5.74) is 0. The van der Waals surface area contributed by atoms with E-state index in [1.165, 1.54) is 0 Å². The highest BCUT2D eigenvalue weighted by atomic mass is 79.9. The van der Waals surface area contributed by atoms with Crippen molar-refractivity contribution in [3.05, 3.63) is 29.8 Å². The van der Waals surface area contributed by atoms with Gasteiger partial charge in [0.05, 0.1) is 0 Å². The third-order valence-electron chi connectivity index (χ3n) is 1.63. The Bertz CT molecular complexity index is 365. The van der Waals surface area contributed by atoms with E-state index < -0.39 is 28.4 Å². The molecule has 0 saturated carbocycles. The summed E-state index contributed by atoms with van der Waals surface area (Å²) >= 11 is 3.05. The van der Waals surface area contributed by atoms with E-state index in [1.54, 1.807) is 0 Å². The molecule has 1 rings (SSSR count). The molecule has 0 fully saturated rings. The Labute approximate surface area is 101 Å². The molecule has 0 N–H and O–H groups in total. The lowest BCUT2D eigenvalue weighted by Crippen LogP contribution is -2.24. The average Bonchev–Trinajstić information content (AvgIpc) is 2.17. The van der Waals surface area contributed by atoms with Crippen molar-refractivity contribution >= 4 is 27.7 Å². The van der Waals surface area contributed by atoms with E-state index in [-0.39, 0.29) is 4.90 Å². The molecule has 0 spiro atoms. The van der Waals surface area contributed by atoms with Crippen molar-refractivity contribution in [3.63, 3.8) is 0 Å². The maximum Gasteiger partial charge on any atom is 0.402 e. The molecular formula is C9H6BrF5S. The number of hydrogen-bond donors (Lipinski definition) is 0. The molecule has 0 amide bonds. The molecule has 90 valence electrons. The Balaban J connectivity index is 2.64. The number of rotatable bonds is 3. The van der Waals surface area contributed by atoms with Crippen molar-refractivity contribution in [1.82, 2.24) is 0 Å². The van der Waals surface area contributed by atoms with Gasteiger partial charge >= 0.3 is 6.18 Å². The Kier molecular flexibility index (Phi) is 4.61. The summed E-state index contributed by atoms with van der Waals surface area (Å²) in [6.45, 7) is 0. The van der Waals surface area contributed by atoms with Crippen molar-refractivity contribution in [1.29, 1.82) is 0 Å². The minimum atomic E-state index is -4.39. The second kappa shape index (κ2) is 5.35. The summed E-state index contributed by atoms with van der Waals surface area (Å²) in [6.07, 6.45) is -4.39. The second-order valence-corrected chi connectivity index (χ2v) is 5.06. The van der Waals surface area contributed by atoms with Crippen LogP contribution in [-0.2, 0) is 0 Å². The van der Waals surface area contributed by atoms with E-state index >= 15 is 0 Å². The molecule has 0 radical (unpaired) electrons. The fourth-order valence-corrected chi connectivity index (χ4v) is 2.16. The Hall–Kier alpha value is -0.300. The van der Waals surface area contributed by atoms with Crippen LogP contribution in [-0.4, -0.2) is 16.8 Å². The van der Waals surface area contributed by atoms with Crippen LogP contribution >= 0.6 is 27.7 Å². The van der Waals surface area contributed by atoms with Crippen LogP contribution in [0.3, 0.4) is 0 Å². The summed E-state index contributed by atoms with van der Waals surface area (Å²) < 4.78 is 62.0. The van der Waals surface area contributed by atoms with Crippen LogP contribution < -0.4 is 0 Å². The van der Waals surface area contributed by atoms with E-state index in [4.69, 9.17) is 0 Å². The van der Waals surface area contributed by atoms with Gasteiger partial charge < -0.3 is 0 Å². The third kappa shape index (κ3) is 3.93. The summed E-state index contributed by atoms with van der Waals surface area (Å²) in [5.74, 6) is -1.82. The fourth-order valence-electron chi connectivity index (χ4n) is 0.845. The first-order chi connectivity index (χ1) is 7.30. The first kappa shape index (κ1) is 13.8. The highest BCUT2D eigenvalue weighted by Crippen LogP contribution is 2.32. The van der Waals surface area contributed by atoms with Crippen molar-refractivity contribution in [2.45, 2.75) is 15.9 Å². The zero-order valence-electron chi connectivity index (χ0n) is 7.69. The largest absolute Gasteiger partial charge is 0.402 e. The smallest absolute Gasteiger partial charge is 0.207 e. The van der Waals surface area contributed by atoms with Crippen LogP contribution in [0.1, 0.15) is 0 Å². The van der Waals surface area contributed by atoms with Gasteiger partial charge in [-0.2, -0.15) is 13.2 Å². The zero-order chi connectivity index (χ0) is 12.3. The van der Waals surface area contributed by atoms with Crippen LogP contribution in [0.4, 0.5) is 22.0 Å². The average molecular weight is 321 g/mol. The van der Waals surface area contributed by atoms with Crippen molar-refractivity contribution in [2.24, 2.45) is 0 Å². The number of benzene rings is 1. The molecule has 1 aromatic rings. The lowest BCUT2D eigenvalue weighted by atomic mass is 10.3. The van der Waals surface area contributed by atoms with Gasteiger partial charge in [-0.25, -0.2) is 8.78 Å². The number of halogens is 6. The van der Waals surface area contributed by atoms with E-state index in [1.807, 2.05) is 0 Å². The van der Waals surface area contributed by atoms with Gasteiger partial charge in [-0.3, -0.25) is 0 Å². The van der Waals surface area contributed by atoms with Gasteiger partial charge in [0.25, 0.3) is 0 Å². The SMILES string of the molecule is Fc1ccc(F)c(SCC(Br)C(F)(F)F)c1. The lowest BCUT2D eigenvalue weighted by molar-refractivity contribution is -0.122. The Morgan fingerprint density at radius 2 is 1.88 bits per heavy atom. The van der Waals surface area contributed by atoms with Crippen molar-refractivity contribution in [2.75, 3.05) is 5.75 Å². The Morgan fingerprint density at radius 3 is 2.44 bits per heavy atom. The quantitative estimate of drug-likeness (QED) is 0.452. The van der Waals surface area contributed by atoms with Gasteiger partial charge in [-0.1, -0.05) is 15.9 Å². The van der Waals surface area contributed by atoms with Gasteiger partial charge in [-0.15, -0.1) is 11.8 Å². The maximum atomic E-state index is 13.0. The Morgan fingerprint density at radius 1 is 1.25 bits per heavy atom. The summed E-state index contributed by atoms with van der Waals surface area (Å²) in [7, 11) is 0. The molecule has 16 heavy (non-hydrogen) atoms. The molecule has 0 bridgehead atoms. The van der Waals surface area contributed by atoms with Crippen LogP contribution in [0.2, 0.25) is 0 Å². The van der Waals surface area contributed by atoms with E-state index in [2.05, 4.69) is 15.9 Å². The van der Waals surface area contributed by atoms with Crippen molar-refractivity contribution in [3.8, 4) is 0 Å². The van der Waals surface area contributed by atoms with Crippen LogP contribution in [0, 0.1) is 11.6 Å². The lowest BCUT2D eigenvalue weighted by Gasteiger charge is -2.13. The van der Waals surface area contributed by atoms with Gasteiger partial charge in [0, 0.05) is 10.6 Å². The predicted octanol–water partition coefficient (Wildman–Crippen LogP) is 4.38. The predicted molar refractivity (Wildman–Crippen MR) is 55.9 cm³/mol. The number of hydrogen-bond acceptors (Lipinski definition) is 1. The molecule has 0 aromatic heterocycles. The summed E-state index contributed by atoms with van der Waals surface area (Å²) in [4.78, 5) is -1.87. The molecule has 1 atom stereocenters. The standard InChI is InChI=1S/C9H6BrF5S/c10-8(9(13,14)15)4-16-7-3-5(11)1-2-6(7)12/h1-3,8H,4H2. The molecule has 0 saturated heterocycles. The molecule has 0 heterocycles. The van der Waals surface area contributed by atoms with Gasteiger partial charge in [0.15, 0.2) is 0 Å². The molecule has 1 aromatic carbocycles. The van der Waals surface area contributed by atoms with Gasteiger partial charge in [0.2, 0.25) is 0 Å². The van der Waals surface area contributed by atoms with Crippen LogP contribution in [0.25, 0.3) is 0 Å². The molecule has 0 nitrogen and oxygen atoms in total. The van der Waals surface area contributed by atoms with Gasteiger partial charge in [-0.05, 0) is 18.2 Å². The second-order valence-electron chi connectivity index (χ2n) is 2.89. The molecule has 0 aliphatic carbocycles. The molecule has 1 unspecified atom stereocenters. The number of alkyl halides is 4. The van der Waals surface area contributed by atoms with E-state index in [0.29, 0.717) is 11.8 Å². The molecule has 0 aliphatic rings. The fraction of sp³-hybridized carbons (Fsp3) is 0.333. The third-order valence-corrected chi connectivity index (χ3v) is 4.03. The first-order valence-electron chi connectivity index (χ1n) is 4.09. The summed E-state index contributed by atoms with van der Waals surface area (Å²) in [6, 6.07) is 2.67.